The van der Waals surface area contributed by atoms with Crippen molar-refractivity contribution < 1.29 is 9.13 Å². The Labute approximate surface area is 82.9 Å². The molecule has 3 heteroatoms. The maximum atomic E-state index is 13.4. The lowest BCUT2D eigenvalue weighted by Crippen LogP contribution is -2.01. The molecule has 0 saturated heterocycles. The van der Waals surface area contributed by atoms with Gasteiger partial charge in [-0.25, -0.2) is 4.39 Å². The molecule has 1 fully saturated rings. The van der Waals surface area contributed by atoms with Crippen LogP contribution in [0.3, 0.4) is 0 Å². The SMILES string of the molecule is CCOc1ccc(C2CC2N)cc1F. The Bertz CT molecular complexity index is 340. The molecule has 1 aromatic carbocycles. The molecule has 1 aliphatic rings. The van der Waals surface area contributed by atoms with E-state index < -0.39 is 0 Å². The van der Waals surface area contributed by atoms with Gasteiger partial charge in [-0.1, -0.05) is 6.07 Å². The van der Waals surface area contributed by atoms with Crippen LogP contribution < -0.4 is 10.5 Å². The smallest absolute Gasteiger partial charge is 0.165 e. The van der Waals surface area contributed by atoms with Crippen LogP contribution in [0.5, 0.6) is 5.75 Å². The van der Waals surface area contributed by atoms with E-state index >= 15 is 0 Å². The number of halogens is 1. The third kappa shape index (κ3) is 1.73. The zero-order valence-corrected chi connectivity index (χ0v) is 8.16. The second-order valence-corrected chi connectivity index (χ2v) is 3.63. The van der Waals surface area contributed by atoms with Crippen LogP contribution in [-0.4, -0.2) is 12.6 Å². The molecule has 1 aliphatic carbocycles. The molecule has 2 nitrogen and oxygen atoms in total. The summed E-state index contributed by atoms with van der Waals surface area (Å²) in [7, 11) is 0. The molecular weight excluding hydrogens is 181 g/mol. The Morgan fingerprint density at radius 2 is 2.29 bits per heavy atom. The second kappa shape index (κ2) is 3.58. The van der Waals surface area contributed by atoms with Crippen molar-refractivity contribution in [1.82, 2.24) is 0 Å². The molecule has 76 valence electrons. The zero-order chi connectivity index (χ0) is 10.1. The summed E-state index contributed by atoms with van der Waals surface area (Å²) in [5, 5.41) is 0. The molecule has 0 bridgehead atoms. The van der Waals surface area contributed by atoms with Crippen LogP contribution in [0.2, 0.25) is 0 Å². The van der Waals surface area contributed by atoms with Gasteiger partial charge in [-0.15, -0.1) is 0 Å². The maximum Gasteiger partial charge on any atom is 0.165 e. The van der Waals surface area contributed by atoms with Crippen LogP contribution in [0, 0.1) is 5.82 Å². The van der Waals surface area contributed by atoms with Crippen molar-refractivity contribution >= 4 is 0 Å². The molecule has 0 heterocycles. The number of hydrogen-bond donors (Lipinski definition) is 1. The van der Waals surface area contributed by atoms with Gasteiger partial charge in [-0.2, -0.15) is 0 Å². The van der Waals surface area contributed by atoms with Gasteiger partial charge in [0.05, 0.1) is 6.61 Å². The quantitative estimate of drug-likeness (QED) is 0.801. The number of rotatable bonds is 3. The normalized spacial score (nSPS) is 24.8. The fourth-order valence-electron chi connectivity index (χ4n) is 1.62. The molecule has 2 unspecified atom stereocenters. The van der Waals surface area contributed by atoms with Crippen molar-refractivity contribution in [3.8, 4) is 5.75 Å². The van der Waals surface area contributed by atoms with Crippen molar-refractivity contribution in [2.75, 3.05) is 6.61 Å². The number of hydrogen-bond acceptors (Lipinski definition) is 2. The zero-order valence-electron chi connectivity index (χ0n) is 8.16. The molecule has 0 spiro atoms. The molecule has 2 rings (SSSR count). The molecule has 0 aromatic heterocycles. The van der Waals surface area contributed by atoms with E-state index in [0.717, 1.165) is 12.0 Å². The van der Waals surface area contributed by atoms with Crippen molar-refractivity contribution in [2.45, 2.75) is 25.3 Å². The first-order valence-electron chi connectivity index (χ1n) is 4.90. The van der Waals surface area contributed by atoms with Gasteiger partial charge < -0.3 is 10.5 Å². The van der Waals surface area contributed by atoms with Gasteiger partial charge in [0, 0.05) is 12.0 Å². The minimum Gasteiger partial charge on any atom is -0.491 e. The highest BCUT2D eigenvalue weighted by Gasteiger charge is 2.35. The minimum atomic E-state index is -0.288. The Hall–Kier alpha value is -1.09. The predicted octanol–water partition coefficient (Wildman–Crippen LogP) is 2.04. The van der Waals surface area contributed by atoms with Crippen LogP contribution in [0.25, 0.3) is 0 Å². The fraction of sp³-hybridized carbons (Fsp3) is 0.455. The third-order valence-electron chi connectivity index (χ3n) is 2.52. The highest BCUT2D eigenvalue weighted by Crippen LogP contribution is 2.39. The number of benzene rings is 1. The first-order valence-corrected chi connectivity index (χ1v) is 4.90. The van der Waals surface area contributed by atoms with Crippen LogP contribution in [0.4, 0.5) is 4.39 Å². The summed E-state index contributed by atoms with van der Waals surface area (Å²) in [6, 6.07) is 5.32. The average molecular weight is 195 g/mol. The largest absolute Gasteiger partial charge is 0.491 e. The van der Waals surface area contributed by atoms with Crippen molar-refractivity contribution in [3.05, 3.63) is 29.6 Å². The summed E-state index contributed by atoms with van der Waals surface area (Å²) < 4.78 is 18.5. The standard InChI is InChI=1S/C11H14FNO/c1-2-14-11-4-3-7(5-9(11)12)8-6-10(8)13/h3-5,8,10H,2,6,13H2,1H3. The van der Waals surface area contributed by atoms with E-state index in [0.29, 0.717) is 18.3 Å². The van der Waals surface area contributed by atoms with E-state index in [1.165, 1.54) is 6.07 Å². The number of ether oxygens (including phenoxy) is 1. The Morgan fingerprint density at radius 3 is 2.79 bits per heavy atom. The van der Waals surface area contributed by atoms with E-state index in [9.17, 15) is 4.39 Å². The van der Waals surface area contributed by atoms with Crippen LogP contribution in [0.1, 0.15) is 24.8 Å². The third-order valence-corrected chi connectivity index (χ3v) is 2.52. The minimum absolute atomic E-state index is 0.215. The van der Waals surface area contributed by atoms with Gasteiger partial charge in [0.1, 0.15) is 0 Å². The number of nitrogens with two attached hydrogens (primary N) is 1. The van der Waals surface area contributed by atoms with Gasteiger partial charge in [-0.05, 0) is 31.0 Å². The summed E-state index contributed by atoms with van der Waals surface area (Å²) in [6.07, 6.45) is 0.966. The topological polar surface area (TPSA) is 35.2 Å². The summed E-state index contributed by atoms with van der Waals surface area (Å²) in [6.45, 7) is 2.32. The van der Waals surface area contributed by atoms with Gasteiger partial charge in [0.15, 0.2) is 11.6 Å². The molecule has 1 saturated carbocycles. The highest BCUT2D eigenvalue weighted by atomic mass is 19.1. The molecule has 14 heavy (non-hydrogen) atoms. The lowest BCUT2D eigenvalue weighted by atomic mass is 10.1. The first-order chi connectivity index (χ1) is 6.72. The van der Waals surface area contributed by atoms with Crippen LogP contribution in [0.15, 0.2) is 18.2 Å². The first kappa shape index (κ1) is 9.46. The fourth-order valence-corrected chi connectivity index (χ4v) is 1.62. The average Bonchev–Trinajstić information content (AvgIpc) is 2.87. The Kier molecular flexibility index (Phi) is 2.42. The van der Waals surface area contributed by atoms with Gasteiger partial charge in [-0.3, -0.25) is 0 Å². The molecule has 0 aliphatic heterocycles. The van der Waals surface area contributed by atoms with E-state index in [4.69, 9.17) is 10.5 Å². The van der Waals surface area contributed by atoms with E-state index in [1.807, 2.05) is 13.0 Å². The lowest BCUT2D eigenvalue weighted by Gasteiger charge is -2.06. The molecule has 2 atom stereocenters. The summed E-state index contributed by atoms with van der Waals surface area (Å²) in [5.41, 5.74) is 6.68. The van der Waals surface area contributed by atoms with Crippen molar-refractivity contribution in [3.63, 3.8) is 0 Å². The highest BCUT2D eigenvalue weighted by molar-refractivity contribution is 5.34. The predicted molar refractivity (Wildman–Crippen MR) is 52.9 cm³/mol. The maximum absolute atomic E-state index is 13.4. The molecule has 1 aromatic rings. The summed E-state index contributed by atoms with van der Waals surface area (Å²) in [4.78, 5) is 0. The Balaban J connectivity index is 2.18. The van der Waals surface area contributed by atoms with E-state index in [-0.39, 0.29) is 11.9 Å². The lowest BCUT2D eigenvalue weighted by molar-refractivity contribution is 0.321. The van der Waals surface area contributed by atoms with Gasteiger partial charge in [0.2, 0.25) is 0 Å². The Morgan fingerprint density at radius 1 is 1.57 bits per heavy atom. The van der Waals surface area contributed by atoms with Crippen molar-refractivity contribution in [1.29, 1.82) is 0 Å². The van der Waals surface area contributed by atoms with Gasteiger partial charge in [0.25, 0.3) is 0 Å². The monoisotopic (exact) mass is 195 g/mol. The summed E-state index contributed by atoms with van der Waals surface area (Å²) >= 11 is 0. The summed E-state index contributed by atoms with van der Waals surface area (Å²) in [5.74, 6) is 0.383. The molecule has 2 N–H and O–H groups in total. The van der Waals surface area contributed by atoms with Crippen molar-refractivity contribution in [2.24, 2.45) is 5.73 Å². The molecule has 0 radical (unpaired) electrons. The van der Waals surface area contributed by atoms with Gasteiger partial charge >= 0.3 is 0 Å². The van der Waals surface area contributed by atoms with E-state index in [1.54, 1.807) is 6.07 Å². The van der Waals surface area contributed by atoms with Crippen LogP contribution >= 0.6 is 0 Å². The van der Waals surface area contributed by atoms with E-state index in [2.05, 4.69) is 0 Å². The second-order valence-electron chi connectivity index (χ2n) is 3.63. The molecular formula is C11H14FNO. The molecule has 0 amide bonds. The van der Waals surface area contributed by atoms with Crippen LogP contribution in [-0.2, 0) is 0 Å².